The van der Waals surface area contributed by atoms with Gasteiger partial charge in [-0.15, -0.1) is 11.3 Å². The fraction of sp³-hybridized carbons (Fsp3) is 0.609. The van der Waals surface area contributed by atoms with Crippen molar-refractivity contribution in [3.8, 4) is 0 Å². The van der Waals surface area contributed by atoms with E-state index in [1.54, 1.807) is 6.20 Å². The van der Waals surface area contributed by atoms with E-state index in [1.807, 2.05) is 23.6 Å². The molecular formula is C23H33N5O2S. The average molecular weight is 444 g/mol. The highest BCUT2D eigenvalue weighted by molar-refractivity contribution is 7.13. The van der Waals surface area contributed by atoms with Crippen LogP contribution in [0.5, 0.6) is 0 Å². The number of amides is 1. The normalized spacial score (nSPS) is 20.7. The number of ether oxygens (including phenoxy) is 1. The van der Waals surface area contributed by atoms with E-state index in [4.69, 9.17) is 9.72 Å². The summed E-state index contributed by atoms with van der Waals surface area (Å²) < 4.78 is 6.02. The second-order valence-corrected chi connectivity index (χ2v) is 9.59. The summed E-state index contributed by atoms with van der Waals surface area (Å²) >= 11 is 1.54. The van der Waals surface area contributed by atoms with Crippen molar-refractivity contribution in [2.75, 3.05) is 31.6 Å². The van der Waals surface area contributed by atoms with Crippen LogP contribution < -0.4 is 5.32 Å². The first-order valence-corrected chi connectivity index (χ1v) is 12.3. The maximum Gasteiger partial charge on any atom is 0.237 e. The van der Waals surface area contributed by atoms with Crippen molar-refractivity contribution in [3.05, 3.63) is 35.5 Å². The summed E-state index contributed by atoms with van der Waals surface area (Å²) in [7, 11) is 0. The van der Waals surface area contributed by atoms with Gasteiger partial charge in [-0.3, -0.25) is 9.69 Å². The predicted molar refractivity (Wildman–Crippen MR) is 124 cm³/mol. The van der Waals surface area contributed by atoms with Crippen LogP contribution in [0.25, 0.3) is 0 Å². The fourth-order valence-electron chi connectivity index (χ4n) is 4.67. The van der Waals surface area contributed by atoms with Gasteiger partial charge in [0.05, 0.1) is 18.8 Å². The Morgan fingerprint density at radius 3 is 2.90 bits per heavy atom. The monoisotopic (exact) mass is 443 g/mol. The van der Waals surface area contributed by atoms with Gasteiger partial charge in [0.1, 0.15) is 11.9 Å². The van der Waals surface area contributed by atoms with Crippen molar-refractivity contribution in [1.29, 1.82) is 0 Å². The highest BCUT2D eigenvalue weighted by Crippen LogP contribution is 2.26. The molecule has 0 bridgehead atoms. The van der Waals surface area contributed by atoms with Gasteiger partial charge in [-0.25, -0.2) is 9.97 Å². The number of anilines is 2. The molecule has 2 aromatic rings. The molecule has 1 unspecified atom stereocenters. The second-order valence-electron chi connectivity index (χ2n) is 8.69. The van der Waals surface area contributed by atoms with Gasteiger partial charge in [-0.05, 0) is 38.8 Å². The molecule has 1 saturated heterocycles. The maximum absolute atomic E-state index is 13.2. The SMILES string of the molecule is CC(C)N(C(=O)CN1CCOC(c2cccc(Nc3nccs3)n2)C1)C1CCCCC1. The minimum absolute atomic E-state index is 0.137. The van der Waals surface area contributed by atoms with Crippen LogP contribution in [0.1, 0.15) is 57.7 Å². The van der Waals surface area contributed by atoms with E-state index in [2.05, 4.69) is 33.9 Å². The van der Waals surface area contributed by atoms with Crippen LogP contribution in [-0.2, 0) is 9.53 Å². The summed E-state index contributed by atoms with van der Waals surface area (Å²) in [6.07, 6.45) is 7.67. The number of morpholine rings is 1. The van der Waals surface area contributed by atoms with Gasteiger partial charge >= 0.3 is 0 Å². The lowest BCUT2D eigenvalue weighted by atomic mass is 9.93. The van der Waals surface area contributed by atoms with Crippen LogP contribution in [0.15, 0.2) is 29.8 Å². The van der Waals surface area contributed by atoms with Crippen LogP contribution in [0.3, 0.4) is 0 Å². The zero-order chi connectivity index (χ0) is 21.6. The summed E-state index contributed by atoms with van der Waals surface area (Å²) in [6.45, 7) is 6.78. The van der Waals surface area contributed by atoms with Gasteiger partial charge in [-0.1, -0.05) is 25.3 Å². The van der Waals surface area contributed by atoms with Crippen molar-refractivity contribution in [3.63, 3.8) is 0 Å². The summed E-state index contributed by atoms with van der Waals surface area (Å²) in [5.41, 5.74) is 0.881. The van der Waals surface area contributed by atoms with Crippen LogP contribution in [0.4, 0.5) is 10.9 Å². The first kappa shape index (κ1) is 22.2. The van der Waals surface area contributed by atoms with Crippen molar-refractivity contribution in [1.82, 2.24) is 19.8 Å². The van der Waals surface area contributed by atoms with Crippen LogP contribution in [0.2, 0.25) is 0 Å². The van der Waals surface area contributed by atoms with Gasteiger partial charge in [0.15, 0.2) is 5.13 Å². The topological polar surface area (TPSA) is 70.6 Å². The Hall–Kier alpha value is -2.03. The third-order valence-corrected chi connectivity index (χ3v) is 6.78. The van der Waals surface area contributed by atoms with E-state index in [0.29, 0.717) is 25.7 Å². The minimum Gasteiger partial charge on any atom is -0.369 e. The van der Waals surface area contributed by atoms with Crippen molar-refractivity contribution in [2.24, 2.45) is 0 Å². The summed E-state index contributed by atoms with van der Waals surface area (Å²) in [4.78, 5) is 26.6. The summed E-state index contributed by atoms with van der Waals surface area (Å²) in [6, 6.07) is 6.54. The Morgan fingerprint density at radius 2 is 2.16 bits per heavy atom. The average Bonchev–Trinajstić information content (AvgIpc) is 3.28. The molecule has 0 radical (unpaired) electrons. The molecule has 0 spiro atoms. The van der Waals surface area contributed by atoms with E-state index in [-0.39, 0.29) is 18.1 Å². The Bertz CT molecular complexity index is 838. The lowest BCUT2D eigenvalue weighted by Gasteiger charge is -2.39. The van der Waals surface area contributed by atoms with E-state index >= 15 is 0 Å². The lowest BCUT2D eigenvalue weighted by Crippen LogP contribution is -2.51. The van der Waals surface area contributed by atoms with Gasteiger partial charge in [0, 0.05) is 36.8 Å². The second kappa shape index (κ2) is 10.5. The molecule has 1 atom stereocenters. The molecule has 1 aliphatic carbocycles. The highest BCUT2D eigenvalue weighted by Gasteiger charge is 2.31. The number of hydrogen-bond donors (Lipinski definition) is 1. The van der Waals surface area contributed by atoms with Gasteiger partial charge in [0.25, 0.3) is 0 Å². The molecule has 2 fully saturated rings. The van der Waals surface area contributed by atoms with Gasteiger partial charge in [0.2, 0.25) is 5.91 Å². The minimum atomic E-state index is -0.137. The molecule has 8 heteroatoms. The Labute approximate surface area is 188 Å². The molecule has 2 aromatic heterocycles. The Balaban J connectivity index is 1.38. The molecule has 7 nitrogen and oxygen atoms in total. The molecular weight excluding hydrogens is 410 g/mol. The Kier molecular flexibility index (Phi) is 7.53. The quantitative estimate of drug-likeness (QED) is 0.691. The van der Waals surface area contributed by atoms with E-state index in [1.165, 1.54) is 30.6 Å². The smallest absolute Gasteiger partial charge is 0.237 e. The first-order valence-electron chi connectivity index (χ1n) is 11.4. The van der Waals surface area contributed by atoms with E-state index < -0.39 is 0 Å². The Morgan fingerprint density at radius 1 is 1.32 bits per heavy atom. The number of nitrogens with zero attached hydrogens (tertiary/aromatic N) is 4. The van der Waals surface area contributed by atoms with Crippen molar-refractivity contribution < 1.29 is 9.53 Å². The molecule has 2 aliphatic rings. The number of carbonyl (C=O) groups excluding carboxylic acids is 1. The lowest BCUT2D eigenvalue weighted by molar-refractivity contribution is -0.139. The molecule has 168 valence electrons. The largest absolute Gasteiger partial charge is 0.369 e. The third kappa shape index (κ3) is 5.81. The molecule has 3 heterocycles. The van der Waals surface area contributed by atoms with Gasteiger partial charge < -0.3 is 15.0 Å². The fourth-order valence-corrected chi connectivity index (χ4v) is 5.20. The number of carbonyl (C=O) groups is 1. The molecule has 4 rings (SSSR count). The molecule has 1 N–H and O–H groups in total. The molecule has 1 saturated carbocycles. The number of rotatable bonds is 7. The zero-order valence-electron chi connectivity index (χ0n) is 18.5. The zero-order valence-corrected chi connectivity index (χ0v) is 19.3. The molecule has 1 aliphatic heterocycles. The predicted octanol–water partition coefficient (Wildman–Crippen LogP) is 4.22. The number of hydrogen-bond acceptors (Lipinski definition) is 7. The number of aromatic nitrogens is 2. The summed E-state index contributed by atoms with van der Waals surface area (Å²) in [5.74, 6) is 1.00. The van der Waals surface area contributed by atoms with Crippen LogP contribution >= 0.6 is 11.3 Å². The van der Waals surface area contributed by atoms with E-state index in [0.717, 1.165) is 36.0 Å². The number of pyridine rings is 1. The highest BCUT2D eigenvalue weighted by atomic mass is 32.1. The summed E-state index contributed by atoms with van der Waals surface area (Å²) in [5, 5.41) is 5.98. The van der Waals surface area contributed by atoms with Crippen molar-refractivity contribution >= 4 is 28.2 Å². The number of thiazole rings is 1. The maximum atomic E-state index is 13.2. The standard InChI is InChI=1S/C23H33N5O2S/c1-17(2)28(18-7-4-3-5-8-18)22(29)16-27-12-13-30-20(15-27)19-9-6-10-21(25-19)26-23-24-11-14-31-23/h6,9-11,14,17-18,20H,3-5,7-8,12-13,15-16H2,1-2H3,(H,24,25,26). The first-order chi connectivity index (χ1) is 15.1. The van der Waals surface area contributed by atoms with Crippen LogP contribution in [0, 0.1) is 0 Å². The van der Waals surface area contributed by atoms with Crippen LogP contribution in [-0.4, -0.2) is 64.0 Å². The third-order valence-electron chi connectivity index (χ3n) is 6.09. The van der Waals surface area contributed by atoms with E-state index in [9.17, 15) is 4.79 Å². The molecule has 0 aromatic carbocycles. The molecule has 1 amide bonds. The van der Waals surface area contributed by atoms with Crippen molar-refractivity contribution in [2.45, 2.75) is 64.1 Å². The molecule has 31 heavy (non-hydrogen) atoms. The number of nitrogens with one attached hydrogen (secondary N) is 1. The van der Waals surface area contributed by atoms with Gasteiger partial charge in [-0.2, -0.15) is 0 Å².